The van der Waals surface area contributed by atoms with Crippen molar-refractivity contribution >= 4 is 28.2 Å². The van der Waals surface area contributed by atoms with Gasteiger partial charge < -0.3 is 24.4 Å². The van der Waals surface area contributed by atoms with Gasteiger partial charge >= 0.3 is 5.97 Å². The van der Waals surface area contributed by atoms with E-state index >= 15 is 0 Å². The molecule has 2 aromatic rings. The van der Waals surface area contributed by atoms with E-state index in [0.29, 0.717) is 27.6 Å². The van der Waals surface area contributed by atoms with Crippen molar-refractivity contribution in [3.63, 3.8) is 0 Å². The number of amides is 1. The zero-order valence-corrected chi connectivity index (χ0v) is 18.0. The van der Waals surface area contributed by atoms with Crippen LogP contribution in [0.1, 0.15) is 44.5 Å². The topological polar surface area (TPSA) is 78.3 Å². The summed E-state index contributed by atoms with van der Waals surface area (Å²) in [5, 5.41) is 3.43. The minimum atomic E-state index is -0.422. The van der Waals surface area contributed by atoms with Crippen LogP contribution in [0.25, 0.3) is 0 Å². The molecule has 8 heteroatoms. The predicted octanol–water partition coefficient (Wildman–Crippen LogP) is 2.16. The van der Waals surface area contributed by atoms with E-state index in [-0.39, 0.29) is 5.91 Å². The van der Waals surface area contributed by atoms with Crippen molar-refractivity contribution in [3.05, 3.63) is 39.8 Å². The summed E-state index contributed by atoms with van der Waals surface area (Å²) in [6.45, 7) is 5.09. The number of carbonyl (C=O) groups excluding carboxylic acids is 2. The van der Waals surface area contributed by atoms with Crippen LogP contribution in [0.2, 0.25) is 0 Å². The number of ether oxygens (including phenoxy) is 3. The summed E-state index contributed by atoms with van der Waals surface area (Å²) in [6.07, 6.45) is 1.91. The van der Waals surface area contributed by atoms with Crippen molar-refractivity contribution in [2.45, 2.75) is 26.3 Å². The van der Waals surface area contributed by atoms with Gasteiger partial charge in [0.2, 0.25) is 0 Å². The number of carbonyl (C=O) groups is 2. The van der Waals surface area contributed by atoms with Crippen LogP contribution in [0.3, 0.4) is 0 Å². The van der Waals surface area contributed by atoms with Crippen LogP contribution in [0.5, 0.6) is 11.5 Å². The van der Waals surface area contributed by atoms with Crippen molar-refractivity contribution in [1.29, 1.82) is 0 Å². The zero-order chi connectivity index (χ0) is 21.0. The monoisotopic (exact) mass is 419 g/mol. The molecule has 2 N–H and O–H groups in total. The Kier molecular flexibility index (Phi) is 6.76. The van der Waals surface area contributed by atoms with Gasteiger partial charge in [0.05, 0.1) is 50.4 Å². The highest BCUT2D eigenvalue weighted by atomic mass is 32.1. The molecule has 1 aromatic carbocycles. The minimum absolute atomic E-state index is 0.340. The van der Waals surface area contributed by atoms with E-state index in [1.807, 2.05) is 0 Å². The third-order valence-corrected chi connectivity index (χ3v) is 6.24. The highest BCUT2D eigenvalue weighted by Crippen LogP contribution is 2.37. The van der Waals surface area contributed by atoms with Crippen LogP contribution >= 0.6 is 11.3 Å². The SMILES string of the molecule is CCC[NH+]1CCc2c(sc(NC(=O)c3cccc(OC)c3OC)c2C(=O)OC)C1. The lowest BCUT2D eigenvalue weighted by molar-refractivity contribution is -0.915. The van der Waals surface area contributed by atoms with Crippen molar-refractivity contribution in [2.75, 3.05) is 39.7 Å². The molecule has 0 bridgehead atoms. The Morgan fingerprint density at radius 1 is 1.21 bits per heavy atom. The molecule has 7 nitrogen and oxygen atoms in total. The Labute approximate surface area is 174 Å². The molecule has 0 saturated heterocycles. The maximum absolute atomic E-state index is 13.0. The van der Waals surface area contributed by atoms with Gasteiger partial charge in [-0.2, -0.15) is 0 Å². The summed E-state index contributed by atoms with van der Waals surface area (Å²) in [5.74, 6) is 0.0428. The van der Waals surface area contributed by atoms with E-state index in [1.165, 1.54) is 37.6 Å². The molecule has 1 aliphatic rings. The first kappa shape index (κ1) is 21.1. The van der Waals surface area contributed by atoms with E-state index in [0.717, 1.165) is 42.9 Å². The standard InChI is InChI=1S/C21H26N2O5S/c1-5-10-23-11-9-13-16(12-23)29-20(17(13)21(25)28-4)22-19(24)14-7-6-8-15(26-2)18(14)27-3/h6-8H,5,9-12H2,1-4H3,(H,22,24)/p+1. The molecule has 0 aliphatic carbocycles. The Balaban J connectivity index is 1.95. The maximum atomic E-state index is 13.0. The third-order valence-electron chi connectivity index (χ3n) is 5.10. The number of quaternary nitrogens is 1. The lowest BCUT2D eigenvalue weighted by Crippen LogP contribution is -3.11. The molecule has 0 saturated carbocycles. The lowest BCUT2D eigenvalue weighted by atomic mass is 10.0. The molecule has 2 heterocycles. The largest absolute Gasteiger partial charge is 0.493 e. The predicted molar refractivity (Wildman–Crippen MR) is 112 cm³/mol. The number of para-hydroxylation sites is 1. The van der Waals surface area contributed by atoms with E-state index in [4.69, 9.17) is 14.2 Å². The summed E-state index contributed by atoms with van der Waals surface area (Å²) < 4.78 is 15.7. The quantitative estimate of drug-likeness (QED) is 0.673. The molecule has 1 atom stereocenters. The van der Waals surface area contributed by atoms with Crippen molar-refractivity contribution in [3.8, 4) is 11.5 Å². The number of methoxy groups -OCH3 is 3. The van der Waals surface area contributed by atoms with Crippen LogP contribution in [0.15, 0.2) is 18.2 Å². The molecule has 1 amide bonds. The van der Waals surface area contributed by atoms with Gasteiger partial charge in [0.25, 0.3) is 5.91 Å². The Morgan fingerprint density at radius 3 is 2.66 bits per heavy atom. The summed E-state index contributed by atoms with van der Waals surface area (Å²) in [7, 11) is 4.37. The maximum Gasteiger partial charge on any atom is 0.341 e. The Bertz CT molecular complexity index is 909. The van der Waals surface area contributed by atoms with Crippen molar-refractivity contribution < 1.29 is 28.7 Å². The average Bonchev–Trinajstić information content (AvgIpc) is 3.09. The molecule has 156 valence electrons. The van der Waals surface area contributed by atoms with Crippen LogP contribution in [0, 0.1) is 0 Å². The molecule has 1 aromatic heterocycles. The van der Waals surface area contributed by atoms with Crippen molar-refractivity contribution in [2.24, 2.45) is 0 Å². The summed E-state index contributed by atoms with van der Waals surface area (Å²) in [6, 6.07) is 5.11. The Hall–Kier alpha value is -2.58. The van der Waals surface area contributed by atoms with E-state index in [2.05, 4.69) is 12.2 Å². The number of hydrogen-bond acceptors (Lipinski definition) is 6. The highest BCUT2D eigenvalue weighted by Gasteiger charge is 2.31. The molecule has 29 heavy (non-hydrogen) atoms. The van der Waals surface area contributed by atoms with Gasteiger partial charge in [-0.1, -0.05) is 13.0 Å². The van der Waals surface area contributed by atoms with E-state index in [1.54, 1.807) is 18.2 Å². The van der Waals surface area contributed by atoms with E-state index in [9.17, 15) is 9.59 Å². The van der Waals surface area contributed by atoms with Gasteiger partial charge in [-0.15, -0.1) is 11.3 Å². The second-order valence-electron chi connectivity index (χ2n) is 6.87. The summed E-state index contributed by atoms with van der Waals surface area (Å²) in [5.41, 5.74) is 1.81. The van der Waals surface area contributed by atoms with Gasteiger partial charge in [-0.25, -0.2) is 4.79 Å². The molecule has 3 rings (SSSR count). The number of hydrogen-bond donors (Lipinski definition) is 2. The van der Waals surface area contributed by atoms with Crippen molar-refractivity contribution in [1.82, 2.24) is 0 Å². The summed E-state index contributed by atoms with van der Waals surface area (Å²) in [4.78, 5) is 28.1. The van der Waals surface area contributed by atoms with Crippen LogP contribution in [-0.4, -0.2) is 46.3 Å². The number of benzene rings is 1. The van der Waals surface area contributed by atoms with Gasteiger partial charge in [-0.05, 0) is 24.1 Å². The second kappa shape index (κ2) is 9.28. The fraction of sp³-hybridized carbons (Fsp3) is 0.429. The molecule has 0 spiro atoms. The Morgan fingerprint density at radius 2 is 2.00 bits per heavy atom. The summed E-state index contributed by atoms with van der Waals surface area (Å²) >= 11 is 1.46. The van der Waals surface area contributed by atoms with E-state index < -0.39 is 5.97 Å². The van der Waals surface area contributed by atoms with Gasteiger partial charge in [-0.3, -0.25) is 4.79 Å². The number of fused-ring (bicyclic) bond motifs is 1. The van der Waals surface area contributed by atoms with Crippen LogP contribution < -0.4 is 19.7 Å². The normalized spacial score (nSPS) is 15.4. The number of anilines is 1. The number of thiophene rings is 1. The molecular formula is C21H27N2O5S+. The molecular weight excluding hydrogens is 392 g/mol. The smallest absolute Gasteiger partial charge is 0.341 e. The lowest BCUT2D eigenvalue weighted by Gasteiger charge is -2.23. The molecule has 1 unspecified atom stereocenters. The number of nitrogens with one attached hydrogen (secondary N) is 2. The third kappa shape index (κ3) is 4.23. The average molecular weight is 420 g/mol. The van der Waals surface area contributed by atoms with Gasteiger partial charge in [0.1, 0.15) is 11.5 Å². The van der Waals surface area contributed by atoms with Crippen LogP contribution in [-0.2, 0) is 17.7 Å². The van der Waals surface area contributed by atoms with Crippen LogP contribution in [0.4, 0.5) is 5.00 Å². The number of esters is 1. The zero-order valence-electron chi connectivity index (χ0n) is 17.2. The van der Waals surface area contributed by atoms with Gasteiger partial charge in [0.15, 0.2) is 11.5 Å². The second-order valence-corrected chi connectivity index (χ2v) is 7.98. The van der Waals surface area contributed by atoms with Gasteiger partial charge in [0, 0.05) is 6.42 Å². The fourth-order valence-corrected chi connectivity index (χ4v) is 5.05. The highest BCUT2D eigenvalue weighted by molar-refractivity contribution is 7.17. The first-order chi connectivity index (χ1) is 14.0. The minimum Gasteiger partial charge on any atom is -0.493 e. The number of rotatable bonds is 7. The molecule has 0 fully saturated rings. The molecule has 0 radical (unpaired) electrons. The first-order valence-corrected chi connectivity index (χ1v) is 10.4. The molecule has 1 aliphatic heterocycles. The fourth-order valence-electron chi connectivity index (χ4n) is 3.75. The first-order valence-electron chi connectivity index (χ1n) is 9.62.